The van der Waals surface area contributed by atoms with Crippen molar-refractivity contribution in [2.24, 2.45) is 0 Å². The van der Waals surface area contributed by atoms with Crippen LogP contribution in [0, 0.1) is 0 Å². The first kappa shape index (κ1) is 19.2. The first-order chi connectivity index (χ1) is 14.1. The highest BCUT2D eigenvalue weighted by Crippen LogP contribution is 2.34. The summed E-state index contributed by atoms with van der Waals surface area (Å²) in [6.45, 7) is 9.06. The van der Waals surface area contributed by atoms with Gasteiger partial charge in [-0.1, -0.05) is 13.3 Å². The van der Waals surface area contributed by atoms with Gasteiger partial charge in [0.1, 0.15) is 30.0 Å². The van der Waals surface area contributed by atoms with Crippen molar-refractivity contribution >= 4 is 27.6 Å². The second-order valence-corrected chi connectivity index (χ2v) is 7.26. The van der Waals surface area contributed by atoms with Gasteiger partial charge in [0.25, 0.3) is 0 Å². The molecular weight excluding hydrogens is 362 g/mol. The molecule has 0 bridgehead atoms. The van der Waals surface area contributed by atoms with Gasteiger partial charge in [0.2, 0.25) is 5.36 Å². The van der Waals surface area contributed by atoms with Crippen LogP contribution < -0.4 is 20.4 Å². The number of ether oxygens (including phenoxy) is 1. The molecule has 1 aliphatic carbocycles. The van der Waals surface area contributed by atoms with E-state index in [1.807, 2.05) is 30.3 Å². The monoisotopic (exact) mass is 390 g/mol. The first-order valence-electron chi connectivity index (χ1n) is 10.4. The summed E-state index contributed by atoms with van der Waals surface area (Å²) in [6, 6.07) is 14.0. The summed E-state index contributed by atoms with van der Waals surface area (Å²) in [5.41, 5.74) is 9.37. The Morgan fingerprint density at radius 2 is 1.83 bits per heavy atom. The average molecular weight is 391 g/mol. The van der Waals surface area contributed by atoms with Crippen LogP contribution in [-0.4, -0.2) is 24.7 Å². The highest BCUT2D eigenvalue weighted by atomic mass is 16.5. The highest BCUT2D eigenvalue weighted by Gasteiger charge is 2.15. The van der Waals surface area contributed by atoms with E-state index in [4.69, 9.17) is 19.9 Å². The molecule has 0 fully saturated rings. The molecule has 0 amide bonds. The summed E-state index contributed by atoms with van der Waals surface area (Å²) in [6.07, 6.45) is 2.14. The van der Waals surface area contributed by atoms with Gasteiger partial charge >= 0.3 is 0 Å². The van der Waals surface area contributed by atoms with Gasteiger partial charge in [0.15, 0.2) is 11.3 Å². The van der Waals surface area contributed by atoms with Gasteiger partial charge in [-0.3, -0.25) is 0 Å². The topological polar surface area (TPSA) is 64.3 Å². The molecule has 2 aromatic rings. The fourth-order valence-corrected chi connectivity index (χ4v) is 3.71. The molecule has 150 valence electrons. The van der Waals surface area contributed by atoms with E-state index in [-0.39, 0.29) is 0 Å². The molecular formula is C24H28N3O2+. The zero-order valence-electron chi connectivity index (χ0n) is 17.4. The second-order valence-electron chi connectivity index (χ2n) is 7.26. The molecule has 4 rings (SSSR count). The van der Waals surface area contributed by atoms with Gasteiger partial charge in [-0.15, -0.1) is 0 Å². The van der Waals surface area contributed by atoms with E-state index in [1.54, 1.807) is 0 Å². The Labute approximate surface area is 170 Å². The number of nitrogen functional groups attached to an aromatic ring is 1. The number of fused-ring (bicyclic) bond motifs is 4. The molecule has 0 aromatic heterocycles. The highest BCUT2D eigenvalue weighted by molar-refractivity contribution is 6.10. The van der Waals surface area contributed by atoms with Crippen molar-refractivity contribution in [3.05, 3.63) is 47.8 Å². The number of anilines is 1. The van der Waals surface area contributed by atoms with Crippen molar-refractivity contribution in [1.82, 2.24) is 9.56 Å². The van der Waals surface area contributed by atoms with Crippen molar-refractivity contribution in [3.8, 4) is 17.2 Å². The van der Waals surface area contributed by atoms with Gasteiger partial charge in [0, 0.05) is 28.6 Å². The van der Waals surface area contributed by atoms with Crippen molar-refractivity contribution in [2.75, 3.05) is 25.4 Å². The molecule has 5 nitrogen and oxygen atoms in total. The van der Waals surface area contributed by atoms with Crippen molar-refractivity contribution in [2.45, 2.75) is 33.6 Å². The van der Waals surface area contributed by atoms with E-state index in [9.17, 15) is 0 Å². The zero-order valence-corrected chi connectivity index (χ0v) is 17.4. The quantitative estimate of drug-likeness (QED) is 0.171. The third-order valence-corrected chi connectivity index (χ3v) is 5.37. The van der Waals surface area contributed by atoms with Crippen LogP contribution in [0.3, 0.4) is 0 Å². The Morgan fingerprint density at radius 1 is 1.00 bits per heavy atom. The summed E-state index contributed by atoms with van der Waals surface area (Å²) in [5.74, 6) is 1.60. The first-order valence-corrected chi connectivity index (χ1v) is 10.4. The molecule has 2 aliphatic rings. The van der Waals surface area contributed by atoms with Gasteiger partial charge in [-0.25, -0.2) is 9.56 Å². The average Bonchev–Trinajstić information content (AvgIpc) is 2.74. The largest absolute Gasteiger partial charge is 0.494 e. The van der Waals surface area contributed by atoms with Crippen LogP contribution >= 0.6 is 0 Å². The van der Waals surface area contributed by atoms with E-state index in [0.717, 1.165) is 64.8 Å². The predicted octanol–water partition coefficient (Wildman–Crippen LogP) is 4.66. The summed E-state index contributed by atoms with van der Waals surface area (Å²) >= 11 is 0. The molecule has 1 heterocycles. The van der Waals surface area contributed by atoms with Gasteiger partial charge in [0.05, 0.1) is 12.7 Å². The van der Waals surface area contributed by atoms with E-state index in [0.29, 0.717) is 17.9 Å². The number of rotatable bonds is 6. The van der Waals surface area contributed by atoms with E-state index < -0.39 is 0 Å². The van der Waals surface area contributed by atoms with Crippen LogP contribution in [0.5, 0.6) is 5.75 Å². The number of aromatic nitrogens is 1. The number of nitrogens with two attached hydrogens (primary N) is 1. The van der Waals surface area contributed by atoms with Crippen molar-refractivity contribution in [1.29, 1.82) is 0 Å². The SMILES string of the molecule is CCCCOc1ccc2c(c1)c(N)cc1oc3cc(=[N+](CC)CC)ccc-3nc12. The fraction of sp³-hybridized carbons (Fsp3) is 0.333. The van der Waals surface area contributed by atoms with Crippen molar-refractivity contribution in [3.63, 3.8) is 0 Å². The van der Waals surface area contributed by atoms with E-state index >= 15 is 0 Å². The van der Waals surface area contributed by atoms with Crippen LogP contribution in [-0.2, 0) is 0 Å². The fourth-order valence-electron chi connectivity index (χ4n) is 3.71. The lowest BCUT2D eigenvalue weighted by Crippen LogP contribution is -2.29. The standard InChI is InChI=1S/C24H27N3O2/c1-4-7-12-28-17-9-10-18-19(14-17)20(25)15-23-24(18)26-21-11-8-16(13-22(21)29-23)27(5-2)6-3/h8-11,13-15,25H,4-7,12H2,1-3H3/p+1. The van der Waals surface area contributed by atoms with Gasteiger partial charge < -0.3 is 14.9 Å². The van der Waals surface area contributed by atoms with Gasteiger partial charge in [-0.2, -0.15) is 0 Å². The molecule has 5 heteroatoms. The molecule has 0 unspecified atom stereocenters. The lowest BCUT2D eigenvalue weighted by molar-refractivity contribution is 0.310. The maximum Gasteiger partial charge on any atom is 0.203 e. The molecule has 1 aliphatic heterocycles. The number of hydrogen-bond acceptors (Lipinski definition) is 4. The minimum Gasteiger partial charge on any atom is -0.494 e. The lowest BCUT2D eigenvalue weighted by atomic mass is 10.1. The Hall–Kier alpha value is -3.08. The second kappa shape index (κ2) is 8.11. The lowest BCUT2D eigenvalue weighted by Gasteiger charge is -2.12. The molecule has 0 atom stereocenters. The van der Waals surface area contributed by atoms with Crippen LogP contribution in [0.2, 0.25) is 0 Å². The van der Waals surface area contributed by atoms with Crippen LogP contribution in [0.15, 0.2) is 46.9 Å². The number of benzene rings is 3. The summed E-state index contributed by atoms with van der Waals surface area (Å²) in [4.78, 5) is 4.90. The summed E-state index contributed by atoms with van der Waals surface area (Å²) in [7, 11) is 0. The molecule has 2 aromatic carbocycles. The van der Waals surface area contributed by atoms with E-state index in [1.165, 1.54) is 0 Å². The number of hydrogen-bond donors (Lipinski definition) is 1. The zero-order chi connectivity index (χ0) is 20.4. The Morgan fingerprint density at radius 3 is 2.59 bits per heavy atom. The maximum absolute atomic E-state index is 6.36. The molecule has 0 saturated heterocycles. The minimum atomic E-state index is 0.665. The Bertz CT molecular complexity index is 1200. The smallest absolute Gasteiger partial charge is 0.203 e. The normalized spacial score (nSPS) is 11.4. The molecule has 0 saturated carbocycles. The van der Waals surface area contributed by atoms with Crippen LogP contribution in [0.25, 0.3) is 33.3 Å². The molecule has 29 heavy (non-hydrogen) atoms. The predicted molar refractivity (Wildman–Crippen MR) is 119 cm³/mol. The van der Waals surface area contributed by atoms with Gasteiger partial charge in [-0.05, 0) is 44.5 Å². The number of nitrogens with zero attached hydrogens (tertiary/aromatic N) is 2. The summed E-state index contributed by atoms with van der Waals surface area (Å²) < 4.78 is 14.4. The Kier molecular flexibility index (Phi) is 5.38. The van der Waals surface area contributed by atoms with E-state index in [2.05, 4.69) is 37.5 Å². The van der Waals surface area contributed by atoms with Crippen LogP contribution in [0.4, 0.5) is 5.69 Å². The van der Waals surface area contributed by atoms with Crippen molar-refractivity contribution < 1.29 is 9.15 Å². The molecule has 0 spiro atoms. The minimum absolute atomic E-state index is 0.665. The van der Waals surface area contributed by atoms with Crippen LogP contribution in [0.1, 0.15) is 33.6 Å². The molecule has 2 N–H and O–H groups in total. The Balaban J connectivity index is 1.89. The number of unbranched alkanes of at least 4 members (excludes halogenated alkanes) is 1. The third-order valence-electron chi connectivity index (χ3n) is 5.37. The summed E-state index contributed by atoms with van der Waals surface area (Å²) in [5, 5.41) is 3.05. The molecule has 0 radical (unpaired) electrons. The maximum atomic E-state index is 6.36. The third kappa shape index (κ3) is 3.65.